The standard InChI is InChI=1S/C26H32N4O2S2/c1-17-13-19(3)22(14-18(17)2)23-16-34-26(28-23)29-24(31)15-30-10-7-20(8-11-30)25(32)27-9-6-21-5-4-12-33-21/h4-5,12-14,16,20H,6-11,15H2,1-3H3,(H,27,32)(H,28,29,31). The Morgan fingerprint density at radius 1 is 1.09 bits per heavy atom. The highest BCUT2D eigenvalue weighted by molar-refractivity contribution is 7.14. The highest BCUT2D eigenvalue weighted by Gasteiger charge is 2.26. The molecule has 0 saturated carbocycles. The lowest BCUT2D eigenvalue weighted by molar-refractivity contribution is -0.126. The molecule has 1 saturated heterocycles. The zero-order chi connectivity index (χ0) is 24.1. The monoisotopic (exact) mass is 496 g/mol. The third-order valence-corrected chi connectivity index (χ3v) is 8.14. The number of hydrogen-bond acceptors (Lipinski definition) is 6. The van der Waals surface area contributed by atoms with Gasteiger partial charge in [-0.25, -0.2) is 4.98 Å². The van der Waals surface area contributed by atoms with Gasteiger partial charge in [-0.1, -0.05) is 12.1 Å². The molecule has 2 aromatic heterocycles. The van der Waals surface area contributed by atoms with Gasteiger partial charge in [-0.15, -0.1) is 22.7 Å². The minimum absolute atomic E-state index is 0.0328. The Morgan fingerprint density at radius 2 is 1.85 bits per heavy atom. The van der Waals surface area contributed by atoms with Crippen LogP contribution < -0.4 is 10.6 Å². The second-order valence-electron chi connectivity index (χ2n) is 9.01. The van der Waals surface area contributed by atoms with Crippen LogP contribution in [0.1, 0.15) is 34.4 Å². The summed E-state index contributed by atoms with van der Waals surface area (Å²) in [6.45, 7) is 8.81. The lowest BCUT2D eigenvalue weighted by Crippen LogP contribution is -2.43. The van der Waals surface area contributed by atoms with Crippen molar-refractivity contribution in [1.29, 1.82) is 0 Å². The molecule has 0 aliphatic carbocycles. The number of thiazole rings is 1. The Hall–Kier alpha value is -2.55. The topological polar surface area (TPSA) is 74.3 Å². The molecular formula is C26H32N4O2S2. The first-order valence-electron chi connectivity index (χ1n) is 11.7. The maximum atomic E-state index is 12.6. The van der Waals surface area contributed by atoms with Crippen molar-refractivity contribution in [3.05, 3.63) is 56.6 Å². The van der Waals surface area contributed by atoms with Gasteiger partial charge in [0.1, 0.15) is 0 Å². The Morgan fingerprint density at radius 3 is 2.59 bits per heavy atom. The largest absolute Gasteiger partial charge is 0.355 e. The van der Waals surface area contributed by atoms with Gasteiger partial charge < -0.3 is 10.6 Å². The van der Waals surface area contributed by atoms with Crippen LogP contribution in [0.5, 0.6) is 0 Å². The van der Waals surface area contributed by atoms with Gasteiger partial charge in [0.15, 0.2) is 5.13 Å². The number of rotatable bonds is 8. The first-order chi connectivity index (χ1) is 16.4. The van der Waals surface area contributed by atoms with Crippen LogP contribution in [0.15, 0.2) is 35.0 Å². The number of nitrogens with one attached hydrogen (secondary N) is 2. The van der Waals surface area contributed by atoms with E-state index in [4.69, 9.17) is 0 Å². The van der Waals surface area contributed by atoms with Gasteiger partial charge in [-0.2, -0.15) is 0 Å². The molecule has 34 heavy (non-hydrogen) atoms. The predicted octanol–water partition coefficient (Wildman–Crippen LogP) is 4.81. The number of piperidine rings is 1. The second kappa shape index (κ2) is 11.3. The van der Waals surface area contributed by atoms with Crippen LogP contribution in [0.2, 0.25) is 0 Å². The molecule has 2 amide bonds. The van der Waals surface area contributed by atoms with E-state index in [1.807, 2.05) is 11.4 Å². The van der Waals surface area contributed by atoms with E-state index >= 15 is 0 Å². The zero-order valence-electron chi connectivity index (χ0n) is 20.0. The number of aromatic nitrogens is 1. The fourth-order valence-corrected chi connectivity index (χ4v) is 5.75. The SMILES string of the molecule is Cc1cc(C)c(-c2csc(NC(=O)CN3CCC(C(=O)NCCc4cccs4)CC3)n2)cc1C. The van der Waals surface area contributed by atoms with E-state index in [0.29, 0.717) is 18.2 Å². The first-order valence-corrected chi connectivity index (χ1v) is 13.5. The molecule has 0 atom stereocenters. The third kappa shape index (κ3) is 6.31. The molecule has 0 spiro atoms. The van der Waals surface area contributed by atoms with Crippen LogP contribution in [0.4, 0.5) is 5.13 Å². The summed E-state index contributed by atoms with van der Waals surface area (Å²) >= 11 is 3.17. The molecule has 8 heteroatoms. The van der Waals surface area contributed by atoms with Crippen molar-refractivity contribution in [1.82, 2.24) is 15.2 Å². The summed E-state index contributed by atoms with van der Waals surface area (Å²) < 4.78 is 0. The number of likely N-dealkylation sites (tertiary alicyclic amines) is 1. The summed E-state index contributed by atoms with van der Waals surface area (Å²) in [6, 6.07) is 8.47. The molecule has 6 nitrogen and oxygen atoms in total. The van der Waals surface area contributed by atoms with E-state index in [1.54, 1.807) is 11.3 Å². The van der Waals surface area contributed by atoms with Crippen molar-refractivity contribution >= 4 is 39.6 Å². The van der Waals surface area contributed by atoms with Gasteiger partial charge in [0.05, 0.1) is 12.2 Å². The van der Waals surface area contributed by atoms with E-state index < -0.39 is 0 Å². The number of thiophene rings is 1. The van der Waals surface area contributed by atoms with Crippen LogP contribution in [-0.4, -0.2) is 47.9 Å². The molecule has 0 radical (unpaired) electrons. The molecule has 1 aromatic carbocycles. The number of aryl methyl sites for hydroxylation is 3. The number of carbonyl (C=O) groups excluding carboxylic acids is 2. The van der Waals surface area contributed by atoms with Crippen molar-refractivity contribution < 1.29 is 9.59 Å². The number of amides is 2. The van der Waals surface area contributed by atoms with Crippen molar-refractivity contribution in [3.8, 4) is 11.3 Å². The summed E-state index contributed by atoms with van der Waals surface area (Å²) in [7, 11) is 0. The third-order valence-electron chi connectivity index (χ3n) is 6.44. The summed E-state index contributed by atoms with van der Waals surface area (Å²) in [5.74, 6) is 0.111. The lowest BCUT2D eigenvalue weighted by Gasteiger charge is -2.30. The average molecular weight is 497 g/mol. The van der Waals surface area contributed by atoms with Crippen molar-refractivity contribution in [2.24, 2.45) is 5.92 Å². The summed E-state index contributed by atoms with van der Waals surface area (Å²) in [5.41, 5.74) is 5.69. The van der Waals surface area contributed by atoms with Gasteiger partial charge >= 0.3 is 0 Å². The smallest absolute Gasteiger partial charge is 0.240 e. The fraction of sp³-hybridized carbons (Fsp3) is 0.423. The molecule has 1 fully saturated rings. The summed E-state index contributed by atoms with van der Waals surface area (Å²) in [5, 5.41) is 10.7. The second-order valence-corrected chi connectivity index (χ2v) is 10.9. The first kappa shape index (κ1) is 24.6. The zero-order valence-corrected chi connectivity index (χ0v) is 21.7. The average Bonchev–Trinajstić information content (AvgIpc) is 3.49. The molecule has 4 rings (SSSR count). The fourth-order valence-electron chi connectivity index (χ4n) is 4.31. The van der Waals surface area contributed by atoms with Crippen molar-refractivity contribution in [3.63, 3.8) is 0 Å². The van der Waals surface area contributed by atoms with Crippen LogP contribution >= 0.6 is 22.7 Å². The Labute approximate surface area is 209 Å². The molecule has 0 unspecified atom stereocenters. The van der Waals surface area contributed by atoms with E-state index in [2.05, 4.69) is 64.9 Å². The Kier molecular flexibility index (Phi) is 8.13. The number of benzene rings is 1. The maximum Gasteiger partial charge on any atom is 0.240 e. The normalized spacial score (nSPS) is 14.8. The summed E-state index contributed by atoms with van der Waals surface area (Å²) in [6.07, 6.45) is 2.45. The highest BCUT2D eigenvalue weighted by atomic mass is 32.1. The number of anilines is 1. The quantitative estimate of drug-likeness (QED) is 0.470. The van der Waals surface area contributed by atoms with Gasteiger partial charge in [0, 0.05) is 28.3 Å². The van der Waals surface area contributed by atoms with E-state index in [1.165, 1.54) is 32.9 Å². The van der Waals surface area contributed by atoms with Gasteiger partial charge in [0.25, 0.3) is 0 Å². The number of hydrogen-bond donors (Lipinski definition) is 2. The highest BCUT2D eigenvalue weighted by Crippen LogP contribution is 2.29. The summed E-state index contributed by atoms with van der Waals surface area (Å²) in [4.78, 5) is 33.1. The van der Waals surface area contributed by atoms with Crippen LogP contribution in [0.3, 0.4) is 0 Å². The Balaban J connectivity index is 1.21. The molecule has 1 aliphatic rings. The van der Waals surface area contributed by atoms with Gasteiger partial charge in [-0.3, -0.25) is 14.5 Å². The van der Waals surface area contributed by atoms with E-state index in [-0.39, 0.29) is 17.7 Å². The molecule has 3 heterocycles. The minimum Gasteiger partial charge on any atom is -0.355 e. The molecule has 3 aromatic rings. The van der Waals surface area contributed by atoms with Crippen LogP contribution in [0.25, 0.3) is 11.3 Å². The maximum absolute atomic E-state index is 12.6. The van der Waals surface area contributed by atoms with Crippen LogP contribution in [0, 0.1) is 26.7 Å². The number of carbonyl (C=O) groups is 2. The van der Waals surface area contributed by atoms with E-state index in [0.717, 1.165) is 43.6 Å². The van der Waals surface area contributed by atoms with Crippen molar-refractivity contribution in [2.75, 3.05) is 31.5 Å². The lowest BCUT2D eigenvalue weighted by atomic mass is 9.96. The number of nitrogens with zero attached hydrogens (tertiary/aromatic N) is 2. The van der Waals surface area contributed by atoms with Gasteiger partial charge in [-0.05, 0) is 87.3 Å². The molecule has 180 valence electrons. The Bertz CT molecular complexity index is 1130. The molecule has 2 N–H and O–H groups in total. The van der Waals surface area contributed by atoms with Crippen LogP contribution in [-0.2, 0) is 16.0 Å². The molecule has 0 bridgehead atoms. The van der Waals surface area contributed by atoms with E-state index in [9.17, 15) is 9.59 Å². The molecular weight excluding hydrogens is 464 g/mol. The molecule has 1 aliphatic heterocycles. The predicted molar refractivity (Wildman–Crippen MR) is 141 cm³/mol. The van der Waals surface area contributed by atoms with Crippen molar-refractivity contribution in [2.45, 2.75) is 40.0 Å². The minimum atomic E-state index is -0.0587. The van der Waals surface area contributed by atoms with Gasteiger partial charge in [0.2, 0.25) is 11.8 Å².